The van der Waals surface area contributed by atoms with Gasteiger partial charge in [0.1, 0.15) is 11.6 Å². The van der Waals surface area contributed by atoms with Crippen molar-refractivity contribution in [3.63, 3.8) is 0 Å². The minimum Gasteiger partial charge on any atom is -0.390 e. The van der Waals surface area contributed by atoms with Gasteiger partial charge in [-0.1, -0.05) is 0 Å². The first-order valence-corrected chi connectivity index (χ1v) is 9.70. The monoisotopic (exact) mass is 332 g/mol. The molecule has 0 fully saturated rings. The van der Waals surface area contributed by atoms with Gasteiger partial charge in [-0.3, -0.25) is 0 Å². The molecule has 0 saturated heterocycles. The molecule has 0 aromatic heterocycles. The SMILES string of the molecule is CC(C)O[Si](O)(CCCCc1cc(F)cc(F)c1)OC(C)C. The molecule has 0 spiro atoms. The molecule has 0 saturated carbocycles. The van der Waals surface area contributed by atoms with Crippen LogP contribution in [0.15, 0.2) is 18.2 Å². The van der Waals surface area contributed by atoms with E-state index in [1.807, 2.05) is 27.7 Å². The van der Waals surface area contributed by atoms with E-state index in [9.17, 15) is 13.6 Å². The Morgan fingerprint density at radius 3 is 1.91 bits per heavy atom. The van der Waals surface area contributed by atoms with Crippen molar-refractivity contribution in [2.45, 2.75) is 65.2 Å². The largest absolute Gasteiger partial charge is 0.498 e. The summed E-state index contributed by atoms with van der Waals surface area (Å²) in [5.74, 6) is -1.13. The molecule has 6 heteroatoms. The van der Waals surface area contributed by atoms with Crippen molar-refractivity contribution >= 4 is 8.80 Å². The number of hydrogen-bond acceptors (Lipinski definition) is 3. The molecule has 0 heterocycles. The van der Waals surface area contributed by atoms with Gasteiger partial charge in [-0.2, -0.15) is 0 Å². The first kappa shape index (κ1) is 19.2. The molecule has 0 amide bonds. The van der Waals surface area contributed by atoms with Gasteiger partial charge in [0.15, 0.2) is 0 Å². The zero-order valence-electron chi connectivity index (χ0n) is 13.7. The van der Waals surface area contributed by atoms with E-state index in [1.54, 1.807) is 0 Å². The second-order valence-electron chi connectivity index (χ2n) is 6.03. The lowest BCUT2D eigenvalue weighted by atomic mass is 10.1. The van der Waals surface area contributed by atoms with Crippen molar-refractivity contribution in [3.8, 4) is 0 Å². The normalized spacial score (nSPS) is 12.4. The first-order valence-electron chi connectivity index (χ1n) is 7.73. The Morgan fingerprint density at radius 1 is 0.955 bits per heavy atom. The molecular weight excluding hydrogens is 306 g/mol. The lowest BCUT2D eigenvalue weighted by Crippen LogP contribution is -2.46. The summed E-state index contributed by atoms with van der Waals surface area (Å²) in [6.07, 6.45) is 1.74. The lowest BCUT2D eigenvalue weighted by Gasteiger charge is -2.28. The van der Waals surface area contributed by atoms with Gasteiger partial charge in [-0.15, -0.1) is 0 Å². The van der Waals surface area contributed by atoms with Crippen LogP contribution in [-0.4, -0.2) is 25.8 Å². The molecule has 126 valence electrons. The molecule has 0 atom stereocenters. The predicted octanol–water partition coefficient (Wildman–Crippen LogP) is 4.07. The molecule has 0 unspecified atom stereocenters. The summed E-state index contributed by atoms with van der Waals surface area (Å²) < 4.78 is 37.4. The van der Waals surface area contributed by atoms with Gasteiger partial charge in [-0.05, 0) is 64.7 Å². The van der Waals surface area contributed by atoms with Crippen LogP contribution in [0.25, 0.3) is 0 Å². The fraction of sp³-hybridized carbons (Fsp3) is 0.625. The fourth-order valence-electron chi connectivity index (χ4n) is 2.32. The van der Waals surface area contributed by atoms with Crippen LogP contribution in [0.1, 0.15) is 46.1 Å². The van der Waals surface area contributed by atoms with Gasteiger partial charge in [0.05, 0.1) is 0 Å². The van der Waals surface area contributed by atoms with Crippen LogP contribution < -0.4 is 0 Å². The summed E-state index contributed by atoms with van der Waals surface area (Å²) in [7, 11) is -3.18. The fourth-order valence-corrected chi connectivity index (χ4v) is 4.78. The average molecular weight is 332 g/mol. The molecule has 1 aromatic carbocycles. The van der Waals surface area contributed by atoms with Gasteiger partial charge in [0.2, 0.25) is 0 Å². The Balaban J connectivity index is 2.48. The maximum absolute atomic E-state index is 13.1. The van der Waals surface area contributed by atoms with E-state index >= 15 is 0 Å². The molecule has 1 rings (SSSR count). The van der Waals surface area contributed by atoms with Crippen LogP contribution in [0.3, 0.4) is 0 Å². The number of aryl methyl sites for hydroxylation is 1. The Bertz CT molecular complexity index is 436. The Kier molecular flexibility index (Phi) is 7.62. The van der Waals surface area contributed by atoms with E-state index in [1.165, 1.54) is 12.1 Å². The van der Waals surface area contributed by atoms with Crippen molar-refractivity contribution < 1.29 is 22.4 Å². The standard InChI is InChI=1S/C16H26F2O3Si/c1-12(2)20-22(19,21-13(3)4)8-6-5-7-14-9-15(17)11-16(18)10-14/h9-13,19H,5-8H2,1-4H3. The van der Waals surface area contributed by atoms with E-state index in [0.29, 0.717) is 30.9 Å². The smallest absolute Gasteiger partial charge is 0.390 e. The van der Waals surface area contributed by atoms with Crippen LogP contribution in [0, 0.1) is 11.6 Å². The van der Waals surface area contributed by atoms with Crippen LogP contribution in [0.5, 0.6) is 0 Å². The molecule has 1 N–H and O–H groups in total. The second kappa shape index (κ2) is 8.72. The molecule has 0 aliphatic rings. The number of hydrogen-bond donors (Lipinski definition) is 1. The molecule has 3 nitrogen and oxygen atoms in total. The van der Waals surface area contributed by atoms with E-state index in [0.717, 1.165) is 6.07 Å². The van der Waals surface area contributed by atoms with Crippen molar-refractivity contribution in [2.75, 3.05) is 0 Å². The zero-order valence-corrected chi connectivity index (χ0v) is 14.7. The maximum atomic E-state index is 13.1. The summed E-state index contributed by atoms with van der Waals surface area (Å²) in [6.45, 7) is 7.43. The highest BCUT2D eigenvalue weighted by Crippen LogP contribution is 2.20. The third kappa shape index (κ3) is 7.44. The number of unbranched alkanes of at least 4 members (excludes halogenated alkanes) is 1. The number of rotatable bonds is 9. The Hall–Kier alpha value is -0.823. The Morgan fingerprint density at radius 2 is 1.45 bits per heavy atom. The van der Waals surface area contributed by atoms with E-state index in [4.69, 9.17) is 8.85 Å². The molecular formula is C16H26F2O3Si. The molecule has 0 bridgehead atoms. The number of halogens is 2. The predicted molar refractivity (Wildman–Crippen MR) is 84.5 cm³/mol. The highest BCUT2D eigenvalue weighted by atomic mass is 28.4. The van der Waals surface area contributed by atoms with Crippen molar-refractivity contribution in [1.29, 1.82) is 0 Å². The number of benzene rings is 1. The average Bonchev–Trinajstić information content (AvgIpc) is 2.31. The third-order valence-corrected chi connectivity index (χ3v) is 5.64. The quantitative estimate of drug-likeness (QED) is 0.547. The van der Waals surface area contributed by atoms with E-state index < -0.39 is 20.4 Å². The lowest BCUT2D eigenvalue weighted by molar-refractivity contribution is 0.0472. The summed E-state index contributed by atoms with van der Waals surface area (Å²) in [4.78, 5) is 10.5. The molecule has 0 radical (unpaired) electrons. The van der Waals surface area contributed by atoms with Gasteiger partial charge in [-0.25, -0.2) is 8.78 Å². The van der Waals surface area contributed by atoms with Crippen molar-refractivity contribution in [1.82, 2.24) is 0 Å². The first-order chi connectivity index (χ1) is 10.2. The van der Waals surface area contributed by atoms with Crippen LogP contribution in [0.4, 0.5) is 8.78 Å². The van der Waals surface area contributed by atoms with Gasteiger partial charge < -0.3 is 13.6 Å². The minimum atomic E-state index is -3.18. The van der Waals surface area contributed by atoms with Crippen LogP contribution >= 0.6 is 0 Å². The van der Waals surface area contributed by atoms with Gasteiger partial charge in [0, 0.05) is 24.3 Å². The summed E-state index contributed by atoms with van der Waals surface area (Å²) >= 11 is 0. The zero-order chi connectivity index (χ0) is 16.8. The van der Waals surface area contributed by atoms with Gasteiger partial charge in [0.25, 0.3) is 0 Å². The van der Waals surface area contributed by atoms with Crippen molar-refractivity contribution in [2.24, 2.45) is 0 Å². The maximum Gasteiger partial charge on any atom is 0.498 e. The summed E-state index contributed by atoms with van der Waals surface area (Å²) in [5, 5.41) is 0. The highest BCUT2D eigenvalue weighted by molar-refractivity contribution is 6.59. The van der Waals surface area contributed by atoms with E-state index in [-0.39, 0.29) is 12.2 Å². The second-order valence-corrected chi connectivity index (χ2v) is 8.43. The molecule has 0 aliphatic heterocycles. The van der Waals surface area contributed by atoms with Crippen molar-refractivity contribution in [3.05, 3.63) is 35.4 Å². The third-order valence-electron chi connectivity index (χ3n) is 2.97. The highest BCUT2D eigenvalue weighted by Gasteiger charge is 2.38. The summed E-state index contributed by atoms with van der Waals surface area (Å²) in [5.41, 5.74) is 0.622. The minimum absolute atomic E-state index is 0.104. The van der Waals surface area contributed by atoms with E-state index in [2.05, 4.69) is 0 Å². The molecule has 0 aliphatic carbocycles. The summed E-state index contributed by atoms with van der Waals surface area (Å²) in [6, 6.07) is 3.98. The van der Waals surface area contributed by atoms with Crippen LogP contribution in [0.2, 0.25) is 6.04 Å². The topological polar surface area (TPSA) is 38.7 Å². The van der Waals surface area contributed by atoms with Gasteiger partial charge >= 0.3 is 8.80 Å². The van der Waals surface area contributed by atoms with Crippen LogP contribution in [-0.2, 0) is 15.3 Å². The molecule has 22 heavy (non-hydrogen) atoms. The Labute approximate surface area is 132 Å². The molecule has 1 aromatic rings.